The van der Waals surface area contributed by atoms with Crippen molar-refractivity contribution < 1.29 is 4.79 Å². The molecule has 1 fully saturated rings. The maximum atomic E-state index is 12.6. The molecular weight excluding hydrogens is 392 g/mol. The molecule has 1 aromatic carbocycles. The first kappa shape index (κ1) is 18.9. The molecule has 0 unspecified atom stereocenters. The van der Waals surface area contributed by atoms with Crippen molar-refractivity contribution >= 4 is 34.1 Å². The number of piperazine rings is 1. The highest BCUT2D eigenvalue weighted by Crippen LogP contribution is 2.23. The second-order valence-electron chi connectivity index (χ2n) is 6.72. The number of aromatic nitrogens is 4. The van der Waals surface area contributed by atoms with Crippen LogP contribution in [-0.4, -0.2) is 62.5 Å². The first-order chi connectivity index (χ1) is 13.6. The number of aryl methyl sites for hydroxylation is 2. The third-order valence-corrected chi connectivity index (χ3v) is 6.69. The quantitative estimate of drug-likeness (QED) is 0.598. The van der Waals surface area contributed by atoms with E-state index in [1.807, 2.05) is 21.0 Å². The second-order valence-corrected chi connectivity index (χ2v) is 8.54. The zero-order valence-electron chi connectivity index (χ0n) is 15.9. The molecule has 0 aliphatic carbocycles. The topological polar surface area (TPSA) is 67.2 Å². The van der Waals surface area contributed by atoms with Gasteiger partial charge in [-0.15, -0.1) is 21.5 Å². The van der Waals surface area contributed by atoms with Crippen LogP contribution in [0.2, 0.25) is 0 Å². The third kappa shape index (κ3) is 4.05. The molecule has 0 bridgehead atoms. The monoisotopic (exact) mass is 414 g/mol. The molecule has 0 atom stereocenters. The highest BCUT2D eigenvalue weighted by molar-refractivity contribution is 7.99. The molecule has 2 aromatic heterocycles. The molecule has 1 aliphatic rings. The van der Waals surface area contributed by atoms with Gasteiger partial charge in [0.2, 0.25) is 5.91 Å². The summed E-state index contributed by atoms with van der Waals surface area (Å²) in [6, 6.07) is 6.25. The Morgan fingerprint density at radius 2 is 2.00 bits per heavy atom. The van der Waals surface area contributed by atoms with Crippen LogP contribution < -0.4 is 4.90 Å². The summed E-state index contributed by atoms with van der Waals surface area (Å²) < 4.78 is 1.94. The third-order valence-electron chi connectivity index (χ3n) is 4.93. The number of rotatable bonds is 5. The SMILES string of the molecule is Cc1ccc(-n2cnnc2SCC(=O)N2CCN(c3nccs3)CC2)cc1C. The van der Waals surface area contributed by atoms with Crippen molar-refractivity contribution in [3.05, 3.63) is 47.2 Å². The van der Waals surface area contributed by atoms with Gasteiger partial charge in [-0.25, -0.2) is 4.98 Å². The van der Waals surface area contributed by atoms with Crippen molar-refractivity contribution in [2.24, 2.45) is 0 Å². The van der Waals surface area contributed by atoms with Crippen LogP contribution >= 0.6 is 23.1 Å². The van der Waals surface area contributed by atoms with Gasteiger partial charge in [-0.3, -0.25) is 9.36 Å². The second kappa shape index (κ2) is 8.32. The van der Waals surface area contributed by atoms with Gasteiger partial charge < -0.3 is 9.80 Å². The number of amides is 1. The van der Waals surface area contributed by atoms with Crippen LogP contribution in [0, 0.1) is 13.8 Å². The van der Waals surface area contributed by atoms with E-state index in [-0.39, 0.29) is 5.91 Å². The first-order valence-electron chi connectivity index (χ1n) is 9.14. The van der Waals surface area contributed by atoms with E-state index >= 15 is 0 Å². The Morgan fingerprint density at radius 1 is 1.18 bits per heavy atom. The molecule has 4 rings (SSSR count). The molecule has 3 aromatic rings. The molecule has 0 N–H and O–H groups in total. The summed E-state index contributed by atoms with van der Waals surface area (Å²) >= 11 is 3.07. The van der Waals surface area contributed by atoms with Gasteiger partial charge in [0.1, 0.15) is 6.33 Å². The molecule has 0 radical (unpaired) electrons. The zero-order chi connectivity index (χ0) is 19.5. The minimum Gasteiger partial charge on any atom is -0.345 e. The van der Waals surface area contributed by atoms with Gasteiger partial charge >= 0.3 is 0 Å². The summed E-state index contributed by atoms with van der Waals surface area (Å²) in [5.41, 5.74) is 3.48. The minimum atomic E-state index is 0.137. The van der Waals surface area contributed by atoms with E-state index in [0.717, 1.165) is 42.2 Å². The Bertz CT molecular complexity index is 947. The van der Waals surface area contributed by atoms with E-state index < -0.39 is 0 Å². The summed E-state index contributed by atoms with van der Waals surface area (Å²) in [5, 5.41) is 12.0. The highest BCUT2D eigenvalue weighted by Gasteiger charge is 2.23. The van der Waals surface area contributed by atoms with Crippen molar-refractivity contribution in [1.29, 1.82) is 0 Å². The smallest absolute Gasteiger partial charge is 0.233 e. The lowest BCUT2D eigenvalue weighted by atomic mass is 10.1. The van der Waals surface area contributed by atoms with Gasteiger partial charge in [0.15, 0.2) is 10.3 Å². The van der Waals surface area contributed by atoms with Gasteiger partial charge in [-0.1, -0.05) is 17.8 Å². The van der Waals surface area contributed by atoms with Crippen LogP contribution in [0.5, 0.6) is 0 Å². The van der Waals surface area contributed by atoms with Crippen molar-refractivity contribution in [1.82, 2.24) is 24.6 Å². The van der Waals surface area contributed by atoms with E-state index in [9.17, 15) is 4.79 Å². The molecule has 0 spiro atoms. The summed E-state index contributed by atoms with van der Waals surface area (Å²) in [4.78, 5) is 21.2. The number of anilines is 1. The fraction of sp³-hybridized carbons (Fsp3) is 0.368. The van der Waals surface area contributed by atoms with Crippen molar-refractivity contribution in [3.8, 4) is 5.69 Å². The Labute approximate surface area is 172 Å². The summed E-state index contributed by atoms with van der Waals surface area (Å²) in [5.74, 6) is 0.499. The van der Waals surface area contributed by atoms with Gasteiger partial charge in [-0.05, 0) is 37.1 Å². The van der Waals surface area contributed by atoms with Gasteiger partial charge in [0.05, 0.1) is 5.75 Å². The lowest BCUT2D eigenvalue weighted by Crippen LogP contribution is -2.49. The van der Waals surface area contributed by atoms with Crippen LogP contribution in [0.1, 0.15) is 11.1 Å². The van der Waals surface area contributed by atoms with Gasteiger partial charge in [0, 0.05) is 43.4 Å². The van der Waals surface area contributed by atoms with E-state index in [1.165, 1.54) is 22.9 Å². The van der Waals surface area contributed by atoms with E-state index in [4.69, 9.17) is 0 Å². The van der Waals surface area contributed by atoms with Crippen molar-refractivity contribution in [3.63, 3.8) is 0 Å². The molecule has 7 nitrogen and oxygen atoms in total. The predicted octanol–water partition coefficient (Wildman–Crippen LogP) is 2.78. The Balaban J connectivity index is 1.35. The van der Waals surface area contributed by atoms with Crippen LogP contribution in [0.3, 0.4) is 0 Å². The number of benzene rings is 1. The zero-order valence-corrected chi connectivity index (χ0v) is 17.5. The molecule has 9 heteroatoms. The number of nitrogens with zero attached hydrogens (tertiary/aromatic N) is 6. The van der Waals surface area contributed by atoms with E-state index in [2.05, 4.69) is 52.1 Å². The van der Waals surface area contributed by atoms with Crippen LogP contribution in [0.4, 0.5) is 5.13 Å². The lowest BCUT2D eigenvalue weighted by molar-refractivity contribution is -0.128. The molecule has 3 heterocycles. The Morgan fingerprint density at radius 3 is 2.71 bits per heavy atom. The molecule has 28 heavy (non-hydrogen) atoms. The Kier molecular flexibility index (Phi) is 5.63. The maximum absolute atomic E-state index is 12.6. The number of hydrogen-bond donors (Lipinski definition) is 0. The minimum absolute atomic E-state index is 0.137. The molecule has 1 amide bonds. The molecular formula is C19H22N6OS2. The van der Waals surface area contributed by atoms with Crippen molar-refractivity contribution in [2.75, 3.05) is 36.8 Å². The number of carbonyl (C=O) groups is 1. The number of thioether (sulfide) groups is 1. The fourth-order valence-electron chi connectivity index (χ4n) is 3.11. The Hall–Kier alpha value is -2.39. The van der Waals surface area contributed by atoms with E-state index in [0.29, 0.717) is 5.75 Å². The largest absolute Gasteiger partial charge is 0.345 e. The molecule has 146 valence electrons. The lowest BCUT2D eigenvalue weighted by Gasteiger charge is -2.34. The average molecular weight is 415 g/mol. The molecule has 1 saturated heterocycles. The van der Waals surface area contributed by atoms with Crippen LogP contribution in [0.15, 0.2) is 41.3 Å². The van der Waals surface area contributed by atoms with Gasteiger partial charge in [0.25, 0.3) is 0 Å². The fourth-order valence-corrected chi connectivity index (χ4v) is 4.64. The predicted molar refractivity (Wildman–Crippen MR) is 112 cm³/mol. The van der Waals surface area contributed by atoms with Crippen LogP contribution in [-0.2, 0) is 4.79 Å². The number of carbonyl (C=O) groups excluding carboxylic acids is 1. The maximum Gasteiger partial charge on any atom is 0.233 e. The van der Waals surface area contributed by atoms with E-state index in [1.54, 1.807) is 17.7 Å². The van der Waals surface area contributed by atoms with Gasteiger partial charge in [-0.2, -0.15) is 0 Å². The number of thiazole rings is 1. The molecule has 1 aliphatic heterocycles. The van der Waals surface area contributed by atoms with Crippen LogP contribution in [0.25, 0.3) is 5.69 Å². The summed E-state index contributed by atoms with van der Waals surface area (Å²) in [7, 11) is 0. The summed E-state index contributed by atoms with van der Waals surface area (Å²) in [6.45, 7) is 7.27. The summed E-state index contributed by atoms with van der Waals surface area (Å²) in [6.07, 6.45) is 3.52. The number of hydrogen-bond acceptors (Lipinski definition) is 7. The highest BCUT2D eigenvalue weighted by atomic mass is 32.2. The molecule has 0 saturated carbocycles. The normalized spacial score (nSPS) is 14.5. The van der Waals surface area contributed by atoms with Crippen molar-refractivity contribution in [2.45, 2.75) is 19.0 Å². The average Bonchev–Trinajstić information content (AvgIpc) is 3.40. The standard InChI is InChI=1S/C19H22N6OS2/c1-14-3-4-16(11-15(14)2)25-13-21-22-19(25)28-12-17(26)23-6-8-24(9-7-23)18-20-5-10-27-18/h3-5,10-11,13H,6-9,12H2,1-2H3. The first-order valence-corrected chi connectivity index (χ1v) is 11.0.